The van der Waals surface area contributed by atoms with E-state index in [0.717, 1.165) is 11.4 Å². The van der Waals surface area contributed by atoms with E-state index in [0.29, 0.717) is 0 Å². The molecule has 0 spiro atoms. The molecule has 0 aromatic carbocycles. The molecular weight excluding hydrogens is 156 g/mol. The lowest BCUT2D eigenvalue weighted by Gasteiger charge is -2.05. The molecule has 0 aliphatic rings. The number of hydrogen-bond acceptors (Lipinski definition) is 3. The predicted octanol–water partition coefficient (Wildman–Crippen LogP) is 1.92. The van der Waals surface area contributed by atoms with E-state index in [-0.39, 0.29) is 6.04 Å². The van der Waals surface area contributed by atoms with Gasteiger partial charge in [0.1, 0.15) is 6.04 Å². The second-order valence-electron chi connectivity index (χ2n) is 2.14. The number of nitriles is 1. The number of thiophene rings is 1. The first kappa shape index (κ1) is 8.25. The summed E-state index contributed by atoms with van der Waals surface area (Å²) in [5.41, 5.74) is 0. The summed E-state index contributed by atoms with van der Waals surface area (Å²) in [5, 5.41) is 13.8. The summed E-state index contributed by atoms with van der Waals surface area (Å²) in [7, 11) is 0. The monoisotopic (exact) mass is 166 g/mol. The van der Waals surface area contributed by atoms with Crippen LogP contribution in [0.1, 0.15) is 17.8 Å². The summed E-state index contributed by atoms with van der Waals surface area (Å²) in [6.45, 7) is 2.83. The van der Waals surface area contributed by atoms with Crippen molar-refractivity contribution in [2.45, 2.75) is 13.0 Å². The Balaban J connectivity index is 2.65. The summed E-state index contributed by atoms with van der Waals surface area (Å²) in [5.74, 6) is 0. The third kappa shape index (κ3) is 2.04. The molecule has 0 radical (unpaired) electrons. The molecular formula is C8H10N2S. The van der Waals surface area contributed by atoms with E-state index in [1.165, 1.54) is 0 Å². The highest BCUT2D eigenvalue weighted by molar-refractivity contribution is 7.10. The summed E-state index contributed by atoms with van der Waals surface area (Å²) in [4.78, 5) is 1.09. The van der Waals surface area contributed by atoms with Gasteiger partial charge in [0.15, 0.2) is 0 Å². The van der Waals surface area contributed by atoms with Gasteiger partial charge >= 0.3 is 0 Å². The lowest BCUT2D eigenvalue weighted by atomic mass is 10.3. The van der Waals surface area contributed by atoms with E-state index >= 15 is 0 Å². The molecule has 1 rings (SSSR count). The molecule has 1 unspecified atom stereocenters. The van der Waals surface area contributed by atoms with Crippen molar-refractivity contribution >= 4 is 11.3 Å². The average Bonchev–Trinajstić information content (AvgIpc) is 2.52. The maximum absolute atomic E-state index is 8.72. The standard InChI is InChI=1S/C8H10N2S/c1-2-10-7(6-9)8-4-3-5-11-8/h3-5,7,10H,2H2,1H3. The van der Waals surface area contributed by atoms with Crippen molar-refractivity contribution in [3.05, 3.63) is 22.4 Å². The number of nitrogens with zero attached hydrogens (tertiary/aromatic N) is 1. The normalized spacial score (nSPS) is 12.4. The predicted molar refractivity (Wildman–Crippen MR) is 46.3 cm³/mol. The van der Waals surface area contributed by atoms with Crippen molar-refractivity contribution in [1.82, 2.24) is 5.32 Å². The molecule has 0 aliphatic carbocycles. The van der Waals surface area contributed by atoms with Crippen molar-refractivity contribution in [3.63, 3.8) is 0 Å². The van der Waals surface area contributed by atoms with Crippen molar-refractivity contribution in [1.29, 1.82) is 5.26 Å². The minimum absolute atomic E-state index is 0.125. The third-order valence-electron chi connectivity index (χ3n) is 1.37. The number of hydrogen-bond donors (Lipinski definition) is 1. The number of nitrogens with one attached hydrogen (secondary N) is 1. The Morgan fingerprint density at radius 3 is 3.09 bits per heavy atom. The van der Waals surface area contributed by atoms with E-state index in [2.05, 4.69) is 11.4 Å². The fourth-order valence-corrected chi connectivity index (χ4v) is 1.61. The van der Waals surface area contributed by atoms with Gasteiger partial charge in [0.25, 0.3) is 0 Å². The molecule has 11 heavy (non-hydrogen) atoms. The zero-order valence-electron chi connectivity index (χ0n) is 6.37. The van der Waals surface area contributed by atoms with Crippen LogP contribution < -0.4 is 5.32 Å². The van der Waals surface area contributed by atoms with E-state index < -0.39 is 0 Å². The second kappa shape index (κ2) is 4.12. The molecule has 1 aromatic heterocycles. The maximum Gasteiger partial charge on any atom is 0.130 e. The molecule has 0 amide bonds. The maximum atomic E-state index is 8.72. The van der Waals surface area contributed by atoms with Crippen LogP contribution in [0, 0.1) is 11.3 Å². The minimum Gasteiger partial charge on any atom is -0.298 e. The molecule has 1 N–H and O–H groups in total. The molecule has 0 saturated carbocycles. The fourth-order valence-electron chi connectivity index (χ4n) is 0.870. The average molecular weight is 166 g/mol. The largest absolute Gasteiger partial charge is 0.298 e. The highest BCUT2D eigenvalue weighted by Crippen LogP contribution is 2.17. The van der Waals surface area contributed by atoms with Crippen LogP contribution >= 0.6 is 11.3 Å². The van der Waals surface area contributed by atoms with Gasteiger partial charge in [0.2, 0.25) is 0 Å². The molecule has 58 valence electrons. The van der Waals surface area contributed by atoms with Gasteiger partial charge in [0.05, 0.1) is 6.07 Å². The van der Waals surface area contributed by atoms with Crippen LogP contribution in [0.2, 0.25) is 0 Å². The molecule has 0 aliphatic heterocycles. The lowest BCUT2D eigenvalue weighted by molar-refractivity contribution is 0.667. The molecule has 1 aromatic rings. The molecule has 3 heteroatoms. The Hall–Kier alpha value is -0.850. The van der Waals surface area contributed by atoms with Crippen molar-refractivity contribution < 1.29 is 0 Å². The Morgan fingerprint density at radius 2 is 2.64 bits per heavy atom. The van der Waals surface area contributed by atoms with E-state index in [9.17, 15) is 0 Å². The Morgan fingerprint density at radius 1 is 1.82 bits per heavy atom. The smallest absolute Gasteiger partial charge is 0.130 e. The van der Waals surface area contributed by atoms with E-state index in [4.69, 9.17) is 5.26 Å². The van der Waals surface area contributed by atoms with Gasteiger partial charge in [-0.2, -0.15) is 5.26 Å². The summed E-state index contributed by atoms with van der Waals surface area (Å²) in [6, 6.07) is 6.01. The van der Waals surface area contributed by atoms with Crippen LogP contribution in [0.4, 0.5) is 0 Å². The second-order valence-corrected chi connectivity index (χ2v) is 3.11. The molecule has 1 heterocycles. The van der Waals surface area contributed by atoms with Gasteiger partial charge in [-0.3, -0.25) is 5.32 Å². The topological polar surface area (TPSA) is 35.8 Å². The molecule has 0 saturated heterocycles. The van der Waals surface area contributed by atoms with Crippen molar-refractivity contribution in [3.8, 4) is 6.07 Å². The number of rotatable bonds is 3. The summed E-state index contributed by atoms with van der Waals surface area (Å²) >= 11 is 1.61. The van der Waals surface area contributed by atoms with Crippen LogP contribution in [0.3, 0.4) is 0 Å². The highest BCUT2D eigenvalue weighted by Gasteiger charge is 2.07. The third-order valence-corrected chi connectivity index (χ3v) is 2.30. The van der Waals surface area contributed by atoms with Gasteiger partial charge < -0.3 is 0 Å². The van der Waals surface area contributed by atoms with E-state index in [1.54, 1.807) is 11.3 Å². The first-order valence-corrected chi connectivity index (χ1v) is 4.43. The Kier molecular flexibility index (Phi) is 3.09. The zero-order chi connectivity index (χ0) is 8.10. The molecule has 0 bridgehead atoms. The van der Waals surface area contributed by atoms with Gasteiger partial charge in [-0.05, 0) is 18.0 Å². The van der Waals surface area contributed by atoms with Crippen molar-refractivity contribution in [2.75, 3.05) is 6.54 Å². The Bertz CT molecular complexity index is 235. The first-order valence-electron chi connectivity index (χ1n) is 3.55. The van der Waals surface area contributed by atoms with Gasteiger partial charge in [0, 0.05) is 4.88 Å². The van der Waals surface area contributed by atoms with Crippen LogP contribution in [0.15, 0.2) is 17.5 Å². The molecule has 0 fully saturated rings. The van der Waals surface area contributed by atoms with Gasteiger partial charge in [-0.15, -0.1) is 11.3 Å². The Labute approximate surface area is 70.5 Å². The van der Waals surface area contributed by atoms with Crippen LogP contribution in [0.25, 0.3) is 0 Å². The van der Waals surface area contributed by atoms with E-state index in [1.807, 2.05) is 24.4 Å². The van der Waals surface area contributed by atoms with Gasteiger partial charge in [-0.1, -0.05) is 13.0 Å². The van der Waals surface area contributed by atoms with Crippen LogP contribution in [-0.4, -0.2) is 6.54 Å². The van der Waals surface area contributed by atoms with Crippen LogP contribution in [-0.2, 0) is 0 Å². The fraction of sp³-hybridized carbons (Fsp3) is 0.375. The minimum atomic E-state index is -0.125. The summed E-state index contributed by atoms with van der Waals surface area (Å²) < 4.78 is 0. The molecule has 2 nitrogen and oxygen atoms in total. The van der Waals surface area contributed by atoms with Crippen molar-refractivity contribution in [2.24, 2.45) is 0 Å². The van der Waals surface area contributed by atoms with Gasteiger partial charge in [-0.25, -0.2) is 0 Å². The highest BCUT2D eigenvalue weighted by atomic mass is 32.1. The summed E-state index contributed by atoms with van der Waals surface area (Å²) in [6.07, 6.45) is 0. The quantitative estimate of drug-likeness (QED) is 0.744. The lowest BCUT2D eigenvalue weighted by Crippen LogP contribution is -2.17. The first-order chi connectivity index (χ1) is 5.38. The van der Waals surface area contributed by atoms with Crippen LogP contribution in [0.5, 0.6) is 0 Å². The SMILES string of the molecule is CCNC(C#N)c1cccs1. The molecule has 1 atom stereocenters. The zero-order valence-corrected chi connectivity index (χ0v) is 7.19.